The topological polar surface area (TPSA) is 102 Å². The first-order valence-electron chi connectivity index (χ1n) is 5.89. The fourth-order valence-electron chi connectivity index (χ4n) is 1.39. The highest BCUT2D eigenvalue weighted by Crippen LogP contribution is 2.28. The van der Waals surface area contributed by atoms with Gasteiger partial charge in [0.2, 0.25) is 11.6 Å². The highest BCUT2D eigenvalue weighted by molar-refractivity contribution is 5.69. The molecule has 8 nitrogen and oxygen atoms in total. The van der Waals surface area contributed by atoms with E-state index < -0.39 is 18.0 Å². The quantitative estimate of drug-likeness (QED) is 0.404. The van der Waals surface area contributed by atoms with E-state index in [0.717, 1.165) is 0 Å². The lowest BCUT2D eigenvalue weighted by Crippen LogP contribution is -2.15. The third-order valence-corrected chi connectivity index (χ3v) is 2.13. The number of alkyl halides is 2. The largest absolute Gasteiger partial charge is 0.374 e. The van der Waals surface area contributed by atoms with E-state index in [0.29, 0.717) is 6.54 Å². The lowest BCUT2D eigenvalue weighted by atomic mass is 10.4. The predicted octanol–water partition coefficient (Wildman–Crippen LogP) is 1.51. The number of anilines is 2. The number of ether oxygens (including phenoxy) is 1. The molecule has 0 radical (unpaired) electrons. The molecular weight excluding hydrogens is 276 g/mol. The molecule has 0 atom stereocenters. The minimum atomic E-state index is -2.54. The van der Waals surface area contributed by atoms with Gasteiger partial charge in [0.05, 0.1) is 11.5 Å². The summed E-state index contributed by atoms with van der Waals surface area (Å²) in [6, 6.07) is 0. The summed E-state index contributed by atoms with van der Waals surface area (Å²) in [6.07, 6.45) is -1.36. The summed E-state index contributed by atoms with van der Waals surface area (Å²) in [4.78, 5) is 18.0. The third-order valence-electron chi connectivity index (χ3n) is 2.13. The van der Waals surface area contributed by atoms with Crippen LogP contribution in [-0.2, 0) is 4.74 Å². The summed E-state index contributed by atoms with van der Waals surface area (Å²) in [6.45, 7) is 1.68. The fraction of sp³-hybridized carbons (Fsp3) is 0.600. The van der Waals surface area contributed by atoms with E-state index in [4.69, 9.17) is 0 Å². The second kappa shape index (κ2) is 8.15. The van der Waals surface area contributed by atoms with Crippen LogP contribution in [0.5, 0.6) is 0 Å². The molecule has 2 N–H and O–H groups in total. The molecule has 1 aromatic heterocycles. The summed E-state index contributed by atoms with van der Waals surface area (Å²) in [5, 5.41) is 16.4. The van der Waals surface area contributed by atoms with Crippen molar-refractivity contribution in [2.75, 3.05) is 36.9 Å². The molecular formula is C10H15F2N5O3. The van der Waals surface area contributed by atoms with Crippen molar-refractivity contribution in [2.24, 2.45) is 0 Å². The van der Waals surface area contributed by atoms with Gasteiger partial charge < -0.3 is 15.4 Å². The highest BCUT2D eigenvalue weighted by atomic mass is 19.3. The Balaban J connectivity index is 2.64. The molecule has 10 heteroatoms. The molecule has 20 heavy (non-hydrogen) atoms. The van der Waals surface area contributed by atoms with Crippen LogP contribution in [0.15, 0.2) is 6.33 Å². The Labute approximate surface area is 113 Å². The normalized spacial score (nSPS) is 10.6. The molecule has 0 aliphatic heterocycles. The summed E-state index contributed by atoms with van der Waals surface area (Å²) in [7, 11) is 0. The van der Waals surface area contributed by atoms with Crippen molar-refractivity contribution >= 4 is 17.3 Å². The average Bonchev–Trinajstić information content (AvgIpc) is 2.38. The number of hydrogen-bond donors (Lipinski definition) is 2. The molecule has 0 fully saturated rings. The van der Waals surface area contributed by atoms with E-state index in [-0.39, 0.29) is 30.5 Å². The average molecular weight is 291 g/mol. The van der Waals surface area contributed by atoms with Gasteiger partial charge in [0.15, 0.2) is 0 Å². The van der Waals surface area contributed by atoms with Crippen molar-refractivity contribution < 1.29 is 18.4 Å². The van der Waals surface area contributed by atoms with Gasteiger partial charge in [0, 0.05) is 13.1 Å². The zero-order valence-corrected chi connectivity index (χ0v) is 10.8. The van der Waals surface area contributed by atoms with Crippen molar-refractivity contribution in [3.8, 4) is 0 Å². The molecule has 0 aromatic carbocycles. The van der Waals surface area contributed by atoms with Crippen molar-refractivity contribution in [1.82, 2.24) is 9.97 Å². The number of halogens is 2. The zero-order chi connectivity index (χ0) is 15.0. The SMILES string of the molecule is CCNc1ncnc(NCCOCC(F)F)c1[N+](=O)[O-]. The van der Waals surface area contributed by atoms with Gasteiger partial charge in [0.1, 0.15) is 12.9 Å². The highest BCUT2D eigenvalue weighted by Gasteiger charge is 2.22. The number of hydrogen-bond acceptors (Lipinski definition) is 7. The molecule has 1 heterocycles. The van der Waals surface area contributed by atoms with Gasteiger partial charge in [-0.2, -0.15) is 0 Å². The maximum absolute atomic E-state index is 11.8. The van der Waals surface area contributed by atoms with Crippen LogP contribution in [0.1, 0.15) is 6.92 Å². The molecule has 112 valence electrons. The van der Waals surface area contributed by atoms with E-state index in [1.165, 1.54) is 6.33 Å². The van der Waals surface area contributed by atoms with Crippen molar-refractivity contribution in [1.29, 1.82) is 0 Å². The van der Waals surface area contributed by atoms with E-state index in [1.807, 2.05) is 0 Å². The van der Waals surface area contributed by atoms with Crippen LogP contribution in [0.25, 0.3) is 0 Å². The summed E-state index contributed by atoms with van der Waals surface area (Å²) >= 11 is 0. The molecule has 0 saturated carbocycles. The smallest absolute Gasteiger partial charge is 0.353 e. The van der Waals surface area contributed by atoms with Crippen molar-refractivity contribution in [2.45, 2.75) is 13.3 Å². The lowest BCUT2D eigenvalue weighted by molar-refractivity contribution is -0.383. The van der Waals surface area contributed by atoms with Gasteiger partial charge in [-0.1, -0.05) is 0 Å². The first kappa shape index (κ1) is 16.0. The van der Waals surface area contributed by atoms with Crippen molar-refractivity contribution in [3.63, 3.8) is 0 Å². The fourth-order valence-corrected chi connectivity index (χ4v) is 1.39. The van der Waals surface area contributed by atoms with Gasteiger partial charge in [0.25, 0.3) is 6.43 Å². The van der Waals surface area contributed by atoms with Gasteiger partial charge in [-0.25, -0.2) is 18.7 Å². The maximum atomic E-state index is 11.8. The maximum Gasteiger partial charge on any atom is 0.353 e. The monoisotopic (exact) mass is 291 g/mol. The number of rotatable bonds is 9. The molecule has 0 bridgehead atoms. The molecule has 0 aliphatic rings. The van der Waals surface area contributed by atoms with Gasteiger partial charge in [-0.3, -0.25) is 10.1 Å². The van der Waals surface area contributed by atoms with Gasteiger partial charge >= 0.3 is 5.69 Å². The zero-order valence-electron chi connectivity index (χ0n) is 10.8. The standard InChI is InChI=1S/C10H15F2N5O3/c1-2-13-9-8(17(18)19)10(16-6-15-9)14-3-4-20-5-7(11)12/h6-7H,2-5H2,1H3,(H2,13,14,15,16). The minimum absolute atomic E-state index is 0.0119. The number of aromatic nitrogens is 2. The van der Waals surface area contributed by atoms with E-state index >= 15 is 0 Å². The Morgan fingerprint density at radius 1 is 1.40 bits per heavy atom. The molecule has 0 aliphatic carbocycles. The molecule has 1 rings (SSSR count). The molecule has 1 aromatic rings. The predicted molar refractivity (Wildman–Crippen MR) is 68.2 cm³/mol. The second-order valence-corrected chi connectivity index (χ2v) is 3.60. The summed E-state index contributed by atoms with van der Waals surface area (Å²) in [5.41, 5.74) is -0.289. The van der Waals surface area contributed by atoms with E-state index in [2.05, 4.69) is 25.3 Å². The van der Waals surface area contributed by atoms with Gasteiger partial charge in [-0.05, 0) is 6.92 Å². The molecule has 0 unspecified atom stereocenters. The second-order valence-electron chi connectivity index (χ2n) is 3.60. The Kier molecular flexibility index (Phi) is 6.50. The Hall–Kier alpha value is -2.10. The Morgan fingerprint density at radius 2 is 2.05 bits per heavy atom. The van der Waals surface area contributed by atoms with Crippen molar-refractivity contribution in [3.05, 3.63) is 16.4 Å². The number of nitrogens with zero attached hydrogens (tertiary/aromatic N) is 3. The van der Waals surface area contributed by atoms with Crippen LogP contribution in [0.3, 0.4) is 0 Å². The minimum Gasteiger partial charge on any atom is -0.374 e. The van der Waals surface area contributed by atoms with Gasteiger partial charge in [-0.15, -0.1) is 0 Å². The Bertz CT molecular complexity index is 447. The number of nitro groups is 1. The van der Waals surface area contributed by atoms with Crippen LogP contribution < -0.4 is 10.6 Å². The van der Waals surface area contributed by atoms with Crippen LogP contribution in [0, 0.1) is 10.1 Å². The molecule has 0 amide bonds. The first-order valence-corrected chi connectivity index (χ1v) is 5.89. The van der Waals surface area contributed by atoms with Crippen LogP contribution >= 0.6 is 0 Å². The van der Waals surface area contributed by atoms with Crippen LogP contribution in [-0.4, -0.2) is 47.6 Å². The molecule has 0 spiro atoms. The summed E-state index contributed by atoms with van der Waals surface area (Å²) in [5.74, 6) is 0.116. The number of nitrogens with one attached hydrogen (secondary N) is 2. The lowest BCUT2D eigenvalue weighted by Gasteiger charge is -2.09. The van der Waals surface area contributed by atoms with E-state index in [1.54, 1.807) is 6.92 Å². The third kappa shape index (κ3) is 4.88. The first-order chi connectivity index (χ1) is 9.56. The molecule has 0 saturated heterocycles. The summed E-state index contributed by atoms with van der Waals surface area (Å²) < 4.78 is 28.3. The van der Waals surface area contributed by atoms with Crippen LogP contribution in [0.4, 0.5) is 26.1 Å². The Morgan fingerprint density at radius 3 is 2.60 bits per heavy atom. The van der Waals surface area contributed by atoms with E-state index in [9.17, 15) is 18.9 Å². The van der Waals surface area contributed by atoms with Crippen LogP contribution in [0.2, 0.25) is 0 Å².